The highest BCUT2D eigenvalue weighted by atomic mass is 16.5. The molecule has 1 aromatic carbocycles. The second-order valence-corrected chi connectivity index (χ2v) is 5.18. The van der Waals surface area contributed by atoms with Gasteiger partial charge in [0.25, 0.3) is 5.91 Å². The Balaban J connectivity index is 2.24. The molecule has 0 fully saturated rings. The van der Waals surface area contributed by atoms with Gasteiger partial charge in [-0.15, -0.1) is 0 Å². The second-order valence-electron chi connectivity index (χ2n) is 5.18. The summed E-state index contributed by atoms with van der Waals surface area (Å²) in [5.41, 5.74) is 2.45. The van der Waals surface area contributed by atoms with Crippen LogP contribution in [0.1, 0.15) is 27.9 Å². The first-order chi connectivity index (χ1) is 11.2. The largest absolute Gasteiger partial charge is 0.496 e. The molecule has 2 aromatic rings. The second kappa shape index (κ2) is 7.95. The number of carbonyl (C=O) groups excluding carboxylic acids is 1. The summed E-state index contributed by atoms with van der Waals surface area (Å²) in [5, 5.41) is 8.83. The number of ether oxygens (including phenoxy) is 1. The predicted molar refractivity (Wildman–Crippen MR) is 86.9 cm³/mol. The number of nitriles is 1. The maximum atomic E-state index is 12.8. The van der Waals surface area contributed by atoms with Crippen molar-refractivity contribution in [2.45, 2.75) is 19.9 Å². The Bertz CT molecular complexity index is 708. The van der Waals surface area contributed by atoms with Crippen molar-refractivity contribution in [3.05, 3.63) is 59.4 Å². The summed E-state index contributed by atoms with van der Waals surface area (Å²) in [6, 6.07) is 11.2. The van der Waals surface area contributed by atoms with E-state index in [0.717, 1.165) is 11.1 Å². The van der Waals surface area contributed by atoms with Gasteiger partial charge in [0, 0.05) is 31.0 Å². The van der Waals surface area contributed by atoms with Crippen molar-refractivity contribution in [2.24, 2.45) is 0 Å². The van der Waals surface area contributed by atoms with Gasteiger partial charge in [0.1, 0.15) is 5.75 Å². The van der Waals surface area contributed by atoms with E-state index in [1.165, 1.54) is 0 Å². The summed E-state index contributed by atoms with van der Waals surface area (Å²) in [4.78, 5) is 18.5. The van der Waals surface area contributed by atoms with Crippen LogP contribution < -0.4 is 4.74 Å². The molecule has 0 unspecified atom stereocenters. The van der Waals surface area contributed by atoms with Crippen LogP contribution in [0.3, 0.4) is 0 Å². The summed E-state index contributed by atoms with van der Waals surface area (Å²) in [7, 11) is 1.58. The molecule has 1 amide bonds. The van der Waals surface area contributed by atoms with Gasteiger partial charge in [-0.3, -0.25) is 9.78 Å². The van der Waals surface area contributed by atoms with Gasteiger partial charge in [0.05, 0.1) is 19.6 Å². The standard InChI is InChI=1S/C18H19N3O2/c1-14-6-7-16(11-17(14)23-2)18(22)21(10-4-8-19)13-15-5-3-9-20-12-15/h3,5-7,9,11-12H,4,10,13H2,1-2H3. The lowest BCUT2D eigenvalue weighted by atomic mass is 10.1. The van der Waals surface area contributed by atoms with Gasteiger partial charge in [-0.1, -0.05) is 12.1 Å². The zero-order chi connectivity index (χ0) is 16.7. The molecule has 1 aromatic heterocycles. The molecule has 0 aliphatic rings. The number of aryl methyl sites for hydroxylation is 1. The molecule has 2 rings (SSSR count). The quantitative estimate of drug-likeness (QED) is 0.823. The van der Waals surface area contributed by atoms with Crippen LogP contribution >= 0.6 is 0 Å². The number of amides is 1. The predicted octanol–water partition coefficient (Wildman–Crippen LogP) is 2.95. The highest BCUT2D eigenvalue weighted by Gasteiger charge is 2.17. The fraction of sp³-hybridized carbons (Fsp3) is 0.278. The molecule has 0 aliphatic heterocycles. The minimum Gasteiger partial charge on any atom is -0.496 e. The van der Waals surface area contributed by atoms with E-state index < -0.39 is 0 Å². The molecule has 0 saturated heterocycles. The lowest BCUT2D eigenvalue weighted by Crippen LogP contribution is -2.31. The van der Waals surface area contributed by atoms with E-state index in [-0.39, 0.29) is 12.3 Å². The Morgan fingerprint density at radius 2 is 2.22 bits per heavy atom. The van der Waals surface area contributed by atoms with Crippen LogP contribution in [0.2, 0.25) is 0 Å². The van der Waals surface area contributed by atoms with Crippen molar-refractivity contribution in [2.75, 3.05) is 13.7 Å². The van der Waals surface area contributed by atoms with Crippen molar-refractivity contribution < 1.29 is 9.53 Å². The number of hydrogen-bond donors (Lipinski definition) is 0. The first-order valence-electron chi connectivity index (χ1n) is 7.35. The van der Waals surface area contributed by atoms with Gasteiger partial charge in [-0.25, -0.2) is 0 Å². The third-order valence-electron chi connectivity index (χ3n) is 3.53. The van der Waals surface area contributed by atoms with Crippen LogP contribution in [-0.4, -0.2) is 29.4 Å². The number of rotatable bonds is 6. The minimum absolute atomic E-state index is 0.123. The summed E-state index contributed by atoms with van der Waals surface area (Å²) >= 11 is 0. The Labute approximate surface area is 136 Å². The summed E-state index contributed by atoms with van der Waals surface area (Å²) in [5.74, 6) is 0.555. The zero-order valence-corrected chi connectivity index (χ0v) is 13.3. The highest BCUT2D eigenvalue weighted by molar-refractivity contribution is 5.94. The van der Waals surface area contributed by atoms with Gasteiger partial charge < -0.3 is 9.64 Å². The van der Waals surface area contributed by atoms with Crippen LogP contribution in [0.5, 0.6) is 5.75 Å². The average molecular weight is 309 g/mol. The molecule has 0 saturated carbocycles. The third-order valence-corrected chi connectivity index (χ3v) is 3.53. The lowest BCUT2D eigenvalue weighted by molar-refractivity contribution is 0.0746. The number of aromatic nitrogens is 1. The van der Waals surface area contributed by atoms with Crippen molar-refractivity contribution in [1.82, 2.24) is 9.88 Å². The highest BCUT2D eigenvalue weighted by Crippen LogP contribution is 2.20. The molecular weight excluding hydrogens is 290 g/mol. The first kappa shape index (κ1) is 16.5. The third kappa shape index (κ3) is 4.30. The van der Waals surface area contributed by atoms with Crippen molar-refractivity contribution >= 4 is 5.91 Å². The van der Waals surface area contributed by atoms with Gasteiger partial charge in [-0.2, -0.15) is 5.26 Å². The Hall–Kier alpha value is -2.87. The van der Waals surface area contributed by atoms with E-state index in [2.05, 4.69) is 11.1 Å². The Morgan fingerprint density at radius 3 is 2.87 bits per heavy atom. The van der Waals surface area contributed by atoms with Crippen LogP contribution in [0.25, 0.3) is 0 Å². The summed E-state index contributed by atoms with van der Waals surface area (Å²) in [6.45, 7) is 2.72. The van der Waals surface area contributed by atoms with Crippen molar-refractivity contribution in [3.8, 4) is 11.8 Å². The molecule has 0 spiro atoms. The molecule has 0 atom stereocenters. The van der Waals surface area contributed by atoms with E-state index in [9.17, 15) is 4.79 Å². The summed E-state index contributed by atoms with van der Waals surface area (Å²) in [6.07, 6.45) is 3.70. The minimum atomic E-state index is -0.123. The van der Waals surface area contributed by atoms with E-state index in [0.29, 0.717) is 24.4 Å². The van der Waals surface area contributed by atoms with E-state index in [1.807, 2.05) is 25.1 Å². The van der Waals surface area contributed by atoms with E-state index in [1.54, 1.807) is 36.5 Å². The van der Waals surface area contributed by atoms with Crippen LogP contribution in [0.4, 0.5) is 0 Å². The Kier molecular flexibility index (Phi) is 5.70. The van der Waals surface area contributed by atoms with E-state index >= 15 is 0 Å². The van der Waals surface area contributed by atoms with Crippen molar-refractivity contribution in [3.63, 3.8) is 0 Å². The number of nitrogens with zero attached hydrogens (tertiary/aromatic N) is 3. The number of pyridine rings is 1. The van der Waals surface area contributed by atoms with Crippen LogP contribution in [0.15, 0.2) is 42.7 Å². The molecule has 1 heterocycles. The summed E-state index contributed by atoms with van der Waals surface area (Å²) < 4.78 is 5.28. The average Bonchev–Trinajstić information content (AvgIpc) is 2.59. The number of methoxy groups -OCH3 is 1. The molecule has 118 valence electrons. The van der Waals surface area contributed by atoms with Gasteiger partial charge in [0.2, 0.25) is 0 Å². The maximum absolute atomic E-state index is 12.8. The molecule has 0 radical (unpaired) electrons. The monoisotopic (exact) mass is 309 g/mol. The number of benzene rings is 1. The molecule has 0 bridgehead atoms. The number of hydrogen-bond acceptors (Lipinski definition) is 4. The van der Waals surface area contributed by atoms with Gasteiger partial charge in [-0.05, 0) is 36.2 Å². The molecule has 0 N–H and O–H groups in total. The van der Waals surface area contributed by atoms with Crippen LogP contribution in [-0.2, 0) is 6.54 Å². The lowest BCUT2D eigenvalue weighted by Gasteiger charge is -2.22. The molecule has 23 heavy (non-hydrogen) atoms. The Morgan fingerprint density at radius 1 is 1.39 bits per heavy atom. The normalized spacial score (nSPS) is 9.96. The fourth-order valence-electron chi connectivity index (χ4n) is 2.29. The molecule has 0 aliphatic carbocycles. The van der Waals surface area contributed by atoms with E-state index in [4.69, 9.17) is 10.00 Å². The van der Waals surface area contributed by atoms with Crippen molar-refractivity contribution in [1.29, 1.82) is 5.26 Å². The van der Waals surface area contributed by atoms with Crippen LogP contribution in [0, 0.1) is 18.3 Å². The zero-order valence-electron chi connectivity index (χ0n) is 13.3. The SMILES string of the molecule is COc1cc(C(=O)N(CCC#N)Cc2cccnc2)ccc1C. The topological polar surface area (TPSA) is 66.2 Å². The smallest absolute Gasteiger partial charge is 0.254 e. The maximum Gasteiger partial charge on any atom is 0.254 e. The molecular formula is C18H19N3O2. The molecule has 5 heteroatoms. The first-order valence-corrected chi connectivity index (χ1v) is 7.35. The molecule has 5 nitrogen and oxygen atoms in total. The van der Waals surface area contributed by atoms with Gasteiger partial charge >= 0.3 is 0 Å². The number of carbonyl (C=O) groups is 1. The van der Waals surface area contributed by atoms with Gasteiger partial charge in [0.15, 0.2) is 0 Å². The fourth-order valence-corrected chi connectivity index (χ4v) is 2.29.